The SMILES string of the molecule is COC(=O)c1nc(Cl)sc1CBr. The number of methoxy groups -OCH3 is 1. The number of thiazole rings is 1. The summed E-state index contributed by atoms with van der Waals surface area (Å²) in [6, 6.07) is 0. The lowest BCUT2D eigenvalue weighted by Crippen LogP contribution is -2.03. The van der Waals surface area contributed by atoms with Crippen molar-refractivity contribution in [3.8, 4) is 0 Å². The second-order valence-corrected chi connectivity index (χ2v) is 4.09. The highest BCUT2D eigenvalue weighted by atomic mass is 79.9. The summed E-state index contributed by atoms with van der Waals surface area (Å²) in [5, 5.41) is 0.557. The molecule has 0 aliphatic rings. The Kier molecular flexibility index (Phi) is 3.49. The van der Waals surface area contributed by atoms with E-state index in [9.17, 15) is 4.79 Å². The number of alkyl halides is 1. The van der Waals surface area contributed by atoms with Gasteiger partial charge in [0, 0.05) is 5.33 Å². The molecule has 0 fully saturated rings. The fraction of sp³-hybridized carbons (Fsp3) is 0.333. The van der Waals surface area contributed by atoms with Crippen molar-refractivity contribution in [1.29, 1.82) is 0 Å². The number of esters is 1. The average molecular weight is 271 g/mol. The van der Waals surface area contributed by atoms with Crippen LogP contribution in [-0.4, -0.2) is 18.1 Å². The summed E-state index contributed by atoms with van der Waals surface area (Å²) >= 11 is 10.1. The molecule has 1 aromatic rings. The minimum Gasteiger partial charge on any atom is -0.464 e. The molecule has 6 heteroatoms. The lowest BCUT2D eigenvalue weighted by molar-refractivity contribution is 0.0594. The van der Waals surface area contributed by atoms with Gasteiger partial charge in [-0.25, -0.2) is 9.78 Å². The lowest BCUT2D eigenvalue weighted by atomic mass is 10.4. The van der Waals surface area contributed by atoms with Crippen molar-refractivity contribution in [2.24, 2.45) is 0 Å². The minimum absolute atomic E-state index is 0.296. The molecule has 0 unspecified atom stereocenters. The summed E-state index contributed by atoms with van der Waals surface area (Å²) in [5.74, 6) is -0.451. The van der Waals surface area contributed by atoms with Crippen molar-refractivity contribution in [3.05, 3.63) is 15.0 Å². The Morgan fingerprint density at radius 2 is 2.50 bits per heavy atom. The van der Waals surface area contributed by atoms with Gasteiger partial charge in [0.25, 0.3) is 0 Å². The van der Waals surface area contributed by atoms with Crippen LogP contribution in [0.25, 0.3) is 0 Å². The third kappa shape index (κ3) is 1.97. The second kappa shape index (κ2) is 4.20. The predicted octanol–water partition coefficient (Wildman–Crippen LogP) is 2.48. The minimum atomic E-state index is -0.451. The molecule has 0 aromatic carbocycles. The van der Waals surface area contributed by atoms with Gasteiger partial charge in [0.15, 0.2) is 10.2 Å². The summed E-state index contributed by atoms with van der Waals surface area (Å²) in [5.41, 5.74) is 0.296. The topological polar surface area (TPSA) is 39.2 Å². The van der Waals surface area contributed by atoms with Crippen molar-refractivity contribution >= 4 is 44.8 Å². The summed E-state index contributed by atoms with van der Waals surface area (Å²) in [7, 11) is 1.31. The van der Waals surface area contributed by atoms with Crippen LogP contribution in [0.15, 0.2) is 0 Å². The van der Waals surface area contributed by atoms with Gasteiger partial charge in [-0.2, -0.15) is 0 Å². The summed E-state index contributed by atoms with van der Waals surface area (Å²) in [4.78, 5) is 15.7. The Balaban J connectivity index is 3.04. The van der Waals surface area contributed by atoms with Gasteiger partial charge < -0.3 is 4.74 Å². The molecule has 3 nitrogen and oxygen atoms in total. The standard InChI is InChI=1S/C6H5BrClNO2S/c1-11-5(10)4-3(2-7)12-6(8)9-4/h2H2,1H3. The molecule has 0 bridgehead atoms. The molecule has 0 spiro atoms. The highest BCUT2D eigenvalue weighted by Gasteiger charge is 2.16. The maximum Gasteiger partial charge on any atom is 0.357 e. The molecule has 0 saturated carbocycles. The van der Waals surface area contributed by atoms with E-state index in [4.69, 9.17) is 11.6 Å². The zero-order valence-electron chi connectivity index (χ0n) is 6.13. The van der Waals surface area contributed by atoms with E-state index in [1.165, 1.54) is 18.4 Å². The van der Waals surface area contributed by atoms with Crippen molar-refractivity contribution in [2.75, 3.05) is 7.11 Å². The number of nitrogens with zero attached hydrogens (tertiary/aromatic N) is 1. The van der Waals surface area contributed by atoms with Crippen molar-refractivity contribution in [2.45, 2.75) is 5.33 Å². The third-order valence-corrected chi connectivity index (χ3v) is 3.26. The fourth-order valence-corrected chi connectivity index (χ4v) is 2.26. The molecule has 0 aliphatic heterocycles. The van der Waals surface area contributed by atoms with Gasteiger partial charge in [0.05, 0.1) is 12.0 Å². The van der Waals surface area contributed by atoms with Crippen LogP contribution in [0.3, 0.4) is 0 Å². The predicted molar refractivity (Wildman–Crippen MR) is 51.1 cm³/mol. The quantitative estimate of drug-likeness (QED) is 0.612. The normalized spacial score (nSPS) is 9.92. The average Bonchev–Trinajstić information content (AvgIpc) is 2.45. The Labute approximate surface area is 86.8 Å². The fourth-order valence-electron chi connectivity index (χ4n) is 0.670. The van der Waals surface area contributed by atoms with Crippen LogP contribution in [0.2, 0.25) is 4.47 Å². The highest BCUT2D eigenvalue weighted by molar-refractivity contribution is 9.08. The van der Waals surface area contributed by atoms with Crippen molar-refractivity contribution in [3.63, 3.8) is 0 Å². The molecular formula is C6H5BrClNO2S. The van der Waals surface area contributed by atoms with E-state index in [0.29, 0.717) is 15.5 Å². The first-order valence-corrected chi connectivity index (χ1v) is 5.30. The Bertz CT molecular complexity index is 302. The molecule has 0 amide bonds. The van der Waals surface area contributed by atoms with Crippen molar-refractivity contribution < 1.29 is 9.53 Å². The molecule has 0 N–H and O–H groups in total. The Morgan fingerprint density at radius 1 is 1.83 bits per heavy atom. The largest absolute Gasteiger partial charge is 0.464 e. The second-order valence-electron chi connectivity index (χ2n) is 1.86. The highest BCUT2D eigenvalue weighted by Crippen LogP contribution is 2.25. The number of rotatable bonds is 2. The van der Waals surface area contributed by atoms with Crippen LogP contribution in [0.1, 0.15) is 15.4 Å². The van der Waals surface area contributed by atoms with Crippen LogP contribution in [0, 0.1) is 0 Å². The first-order chi connectivity index (χ1) is 5.69. The van der Waals surface area contributed by atoms with Crippen LogP contribution < -0.4 is 0 Å². The zero-order valence-corrected chi connectivity index (χ0v) is 9.29. The van der Waals surface area contributed by atoms with Gasteiger partial charge in [0.1, 0.15) is 0 Å². The number of hydrogen-bond acceptors (Lipinski definition) is 4. The van der Waals surface area contributed by atoms with E-state index in [2.05, 4.69) is 25.7 Å². The molecule has 0 atom stereocenters. The molecule has 12 heavy (non-hydrogen) atoms. The maximum absolute atomic E-state index is 11.0. The molecule has 0 radical (unpaired) electrons. The van der Waals surface area contributed by atoms with Gasteiger partial charge in [-0.05, 0) is 0 Å². The van der Waals surface area contributed by atoms with E-state index >= 15 is 0 Å². The van der Waals surface area contributed by atoms with E-state index in [-0.39, 0.29) is 0 Å². The monoisotopic (exact) mass is 269 g/mol. The van der Waals surface area contributed by atoms with Gasteiger partial charge >= 0.3 is 5.97 Å². The molecular weight excluding hydrogens is 265 g/mol. The number of ether oxygens (including phenoxy) is 1. The van der Waals surface area contributed by atoms with Crippen LogP contribution >= 0.6 is 38.9 Å². The first-order valence-electron chi connectivity index (χ1n) is 2.98. The van der Waals surface area contributed by atoms with Gasteiger partial charge in [-0.1, -0.05) is 27.5 Å². The van der Waals surface area contributed by atoms with Crippen LogP contribution in [0.4, 0.5) is 0 Å². The number of carbonyl (C=O) groups excluding carboxylic acids is 1. The number of hydrogen-bond donors (Lipinski definition) is 0. The van der Waals surface area contributed by atoms with Crippen molar-refractivity contribution in [1.82, 2.24) is 4.98 Å². The molecule has 1 rings (SSSR count). The van der Waals surface area contributed by atoms with E-state index < -0.39 is 5.97 Å². The maximum atomic E-state index is 11.0. The first kappa shape index (κ1) is 9.95. The van der Waals surface area contributed by atoms with Gasteiger partial charge in [-0.15, -0.1) is 11.3 Å². The summed E-state index contributed by atoms with van der Waals surface area (Å²) in [6.07, 6.45) is 0. The van der Waals surface area contributed by atoms with E-state index in [0.717, 1.165) is 4.88 Å². The van der Waals surface area contributed by atoms with Crippen LogP contribution in [0.5, 0.6) is 0 Å². The summed E-state index contributed by atoms with van der Waals surface area (Å²) < 4.78 is 4.87. The number of aromatic nitrogens is 1. The smallest absolute Gasteiger partial charge is 0.357 e. The Hall–Kier alpha value is -0.130. The molecule has 1 heterocycles. The number of carbonyl (C=O) groups is 1. The van der Waals surface area contributed by atoms with Crippen LogP contribution in [-0.2, 0) is 10.1 Å². The molecule has 66 valence electrons. The van der Waals surface area contributed by atoms with Gasteiger partial charge in [0.2, 0.25) is 0 Å². The molecule has 0 saturated heterocycles. The molecule has 0 aliphatic carbocycles. The summed E-state index contributed by atoms with van der Waals surface area (Å²) in [6.45, 7) is 0. The van der Waals surface area contributed by atoms with E-state index in [1.54, 1.807) is 0 Å². The van der Waals surface area contributed by atoms with E-state index in [1.807, 2.05) is 0 Å². The third-order valence-electron chi connectivity index (χ3n) is 1.17. The zero-order chi connectivity index (χ0) is 9.14. The number of halogens is 2. The Morgan fingerprint density at radius 3 is 3.00 bits per heavy atom. The lowest BCUT2D eigenvalue weighted by Gasteiger charge is -1.94. The van der Waals surface area contributed by atoms with Gasteiger partial charge in [-0.3, -0.25) is 0 Å². The molecule has 1 aromatic heterocycles.